The summed E-state index contributed by atoms with van der Waals surface area (Å²) in [5.74, 6) is -0.148. The maximum Gasteiger partial charge on any atom is 0.421 e. The normalized spacial score (nSPS) is 16.1. The summed E-state index contributed by atoms with van der Waals surface area (Å²) >= 11 is 0. The van der Waals surface area contributed by atoms with Gasteiger partial charge in [-0.3, -0.25) is 0 Å². The molecule has 0 aliphatic rings. The molecule has 1 unspecified atom stereocenters. The molecule has 19 heavy (non-hydrogen) atoms. The quantitative estimate of drug-likeness (QED) is 0.929. The fraction of sp³-hybridized carbons (Fsp3) is 0.500. The summed E-state index contributed by atoms with van der Waals surface area (Å²) in [6.07, 6.45) is -4.51. The summed E-state index contributed by atoms with van der Waals surface area (Å²) in [5, 5.41) is 9.52. The van der Waals surface area contributed by atoms with E-state index in [1.54, 1.807) is 6.92 Å². The first-order valence-corrected chi connectivity index (χ1v) is 7.30. The summed E-state index contributed by atoms with van der Waals surface area (Å²) in [6.45, 7) is 2.26. The Hall–Kier alpha value is -1.08. The SMILES string of the molecule is CCCS(=O)(=O)c1cccc(C(C)(O)C(F)(F)F)c1. The number of hydrogen-bond donors (Lipinski definition) is 1. The standard InChI is InChI=1S/C12H15F3O3S/c1-3-7-19(17,18)10-6-4-5-9(8-10)11(2,16)12(13,14)15/h4-6,8,16H,3,7H2,1-2H3. The Kier molecular flexibility index (Phi) is 4.31. The van der Waals surface area contributed by atoms with Crippen molar-refractivity contribution in [3.63, 3.8) is 0 Å². The van der Waals surface area contributed by atoms with Gasteiger partial charge in [0.1, 0.15) is 0 Å². The lowest BCUT2D eigenvalue weighted by Gasteiger charge is -2.27. The monoisotopic (exact) mass is 296 g/mol. The number of alkyl halides is 3. The molecule has 0 saturated heterocycles. The van der Waals surface area contributed by atoms with Crippen LogP contribution in [0.1, 0.15) is 25.8 Å². The second kappa shape index (κ2) is 5.13. The molecular weight excluding hydrogens is 281 g/mol. The summed E-state index contributed by atoms with van der Waals surface area (Å²) in [6, 6.07) is 4.34. The molecule has 3 nitrogen and oxygen atoms in total. The third-order valence-electron chi connectivity index (χ3n) is 2.78. The fourth-order valence-corrected chi connectivity index (χ4v) is 2.91. The van der Waals surface area contributed by atoms with E-state index in [2.05, 4.69) is 0 Å². The van der Waals surface area contributed by atoms with Crippen LogP contribution in [0, 0.1) is 0 Å². The lowest BCUT2D eigenvalue weighted by atomic mass is 9.96. The molecule has 0 aromatic heterocycles. The highest BCUT2D eigenvalue weighted by atomic mass is 32.2. The van der Waals surface area contributed by atoms with Gasteiger partial charge in [0.15, 0.2) is 15.4 Å². The highest BCUT2D eigenvalue weighted by Gasteiger charge is 2.51. The van der Waals surface area contributed by atoms with E-state index in [0.717, 1.165) is 12.1 Å². The van der Waals surface area contributed by atoms with Gasteiger partial charge in [-0.2, -0.15) is 13.2 Å². The van der Waals surface area contributed by atoms with E-state index in [1.165, 1.54) is 12.1 Å². The molecule has 0 aliphatic carbocycles. The zero-order chi connectivity index (χ0) is 14.9. The van der Waals surface area contributed by atoms with Crippen LogP contribution in [0.2, 0.25) is 0 Å². The van der Waals surface area contributed by atoms with E-state index >= 15 is 0 Å². The average molecular weight is 296 g/mol. The van der Waals surface area contributed by atoms with Crippen molar-refractivity contribution in [2.45, 2.75) is 36.9 Å². The van der Waals surface area contributed by atoms with Gasteiger partial charge in [-0.15, -0.1) is 0 Å². The van der Waals surface area contributed by atoms with Crippen LogP contribution < -0.4 is 0 Å². The minimum Gasteiger partial charge on any atom is -0.376 e. The van der Waals surface area contributed by atoms with Gasteiger partial charge in [-0.1, -0.05) is 19.1 Å². The Balaban J connectivity index is 3.30. The lowest BCUT2D eigenvalue weighted by molar-refractivity contribution is -0.258. The van der Waals surface area contributed by atoms with E-state index in [0.29, 0.717) is 13.3 Å². The smallest absolute Gasteiger partial charge is 0.376 e. The van der Waals surface area contributed by atoms with Crippen LogP contribution >= 0.6 is 0 Å². The van der Waals surface area contributed by atoms with Gasteiger partial charge in [-0.05, 0) is 31.0 Å². The van der Waals surface area contributed by atoms with E-state index in [9.17, 15) is 26.7 Å². The fourth-order valence-electron chi connectivity index (χ4n) is 1.54. The Morgan fingerprint density at radius 1 is 1.26 bits per heavy atom. The Labute approximate surface area is 110 Å². The van der Waals surface area contributed by atoms with Crippen LogP contribution in [0.15, 0.2) is 29.2 Å². The zero-order valence-electron chi connectivity index (χ0n) is 10.5. The van der Waals surface area contributed by atoms with Crippen molar-refractivity contribution < 1.29 is 26.7 Å². The molecule has 108 valence electrons. The average Bonchev–Trinajstić information content (AvgIpc) is 2.27. The second-order valence-corrected chi connectivity index (χ2v) is 6.53. The molecule has 0 radical (unpaired) electrons. The first-order valence-electron chi connectivity index (χ1n) is 5.65. The highest BCUT2D eigenvalue weighted by molar-refractivity contribution is 7.91. The van der Waals surface area contributed by atoms with Crippen LogP contribution in [0.4, 0.5) is 13.2 Å². The number of halogens is 3. The summed E-state index contributed by atoms with van der Waals surface area (Å²) < 4.78 is 61.7. The van der Waals surface area contributed by atoms with Crippen molar-refractivity contribution in [1.29, 1.82) is 0 Å². The van der Waals surface area contributed by atoms with Crippen molar-refractivity contribution in [1.82, 2.24) is 0 Å². The molecule has 0 aliphatic heterocycles. The van der Waals surface area contributed by atoms with Crippen molar-refractivity contribution in [2.24, 2.45) is 0 Å². The van der Waals surface area contributed by atoms with E-state index in [1.807, 2.05) is 0 Å². The maximum absolute atomic E-state index is 12.7. The molecule has 1 aromatic carbocycles. The summed E-state index contributed by atoms with van der Waals surface area (Å²) in [7, 11) is -3.62. The Bertz CT molecular complexity index is 548. The van der Waals surface area contributed by atoms with Gasteiger partial charge in [0.25, 0.3) is 0 Å². The predicted octanol–water partition coefficient (Wildman–Crippen LogP) is 2.64. The number of sulfone groups is 1. The minimum atomic E-state index is -4.87. The van der Waals surface area contributed by atoms with Crippen molar-refractivity contribution in [2.75, 3.05) is 5.75 Å². The van der Waals surface area contributed by atoms with Gasteiger partial charge in [0.2, 0.25) is 0 Å². The third-order valence-corrected chi connectivity index (χ3v) is 4.70. The van der Waals surface area contributed by atoms with Crippen LogP contribution in [-0.4, -0.2) is 25.5 Å². The molecule has 0 saturated carbocycles. The van der Waals surface area contributed by atoms with Gasteiger partial charge in [0.05, 0.1) is 10.6 Å². The number of benzene rings is 1. The molecule has 0 heterocycles. The number of hydrogen-bond acceptors (Lipinski definition) is 3. The van der Waals surface area contributed by atoms with Crippen molar-refractivity contribution in [3.05, 3.63) is 29.8 Å². The molecule has 7 heteroatoms. The van der Waals surface area contributed by atoms with Crippen molar-refractivity contribution >= 4 is 9.84 Å². The third kappa shape index (κ3) is 3.27. The van der Waals surface area contributed by atoms with Crippen molar-refractivity contribution in [3.8, 4) is 0 Å². The zero-order valence-corrected chi connectivity index (χ0v) is 11.3. The first-order chi connectivity index (χ1) is 8.52. The molecule has 1 aromatic rings. The molecule has 0 fully saturated rings. The Morgan fingerprint density at radius 2 is 1.84 bits per heavy atom. The van der Waals surface area contributed by atoms with Gasteiger partial charge in [0, 0.05) is 0 Å². The highest BCUT2D eigenvalue weighted by Crippen LogP contribution is 2.38. The number of aliphatic hydroxyl groups is 1. The van der Waals surface area contributed by atoms with Crippen LogP contribution in [0.5, 0.6) is 0 Å². The predicted molar refractivity (Wildman–Crippen MR) is 64.4 cm³/mol. The van der Waals surface area contributed by atoms with Crippen LogP contribution in [0.25, 0.3) is 0 Å². The van der Waals surface area contributed by atoms with Gasteiger partial charge >= 0.3 is 6.18 Å². The lowest BCUT2D eigenvalue weighted by Crippen LogP contribution is -2.39. The molecule has 0 spiro atoms. The minimum absolute atomic E-state index is 0.148. The van der Waals surface area contributed by atoms with E-state index < -0.39 is 27.2 Å². The summed E-state index contributed by atoms with van der Waals surface area (Å²) in [5.41, 5.74) is -3.57. The van der Waals surface area contributed by atoms with Gasteiger partial charge in [-0.25, -0.2) is 8.42 Å². The van der Waals surface area contributed by atoms with Gasteiger partial charge < -0.3 is 5.11 Å². The molecule has 0 bridgehead atoms. The van der Waals surface area contributed by atoms with E-state index in [4.69, 9.17) is 0 Å². The van der Waals surface area contributed by atoms with E-state index in [-0.39, 0.29) is 10.6 Å². The topological polar surface area (TPSA) is 54.4 Å². The van der Waals surface area contributed by atoms with Crippen LogP contribution in [0.3, 0.4) is 0 Å². The molecular formula is C12H15F3O3S. The first kappa shape index (κ1) is 16.0. The number of rotatable bonds is 4. The molecule has 1 N–H and O–H groups in total. The molecule has 1 rings (SSSR count). The largest absolute Gasteiger partial charge is 0.421 e. The summed E-state index contributed by atoms with van der Waals surface area (Å²) in [4.78, 5) is -0.212. The molecule has 0 amide bonds. The Morgan fingerprint density at radius 3 is 2.32 bits per heavy atom. The van der Waals surface area contributed by atoms with Crippen LogP contribution in [-0.2, 0) is 15.4 Å². The maximum atomic E-state index is 12.7. The molecule has 1 atom stereocenters. The second-order valence-electron chi connectivity index (χ2n) is 4.42.